The molecule has 0 saturated heterocycles. The van der Waals surface area contributed by atoms with Crippen LogP contribution in [0.3, 0.4) is 0 Å². The maximum absolute atomic E-state index is 11.3. The van der Waals surface area contributed by atoms with Crippen molar-refractivity contribution >= 4 is 58.0 Å². The second-order valence-electron chi connectivity index (χ2n) is 3.64. The van der Waals surface area contributed by atoms with Crippen LogP contribution in [0, 0.1) is 0 Å². The van der Waals surface area contributed by atoms with E-state index in [-0.39, 0.29) is 32.1 Å². The van der Waals surface area contributed by atoms with Gasteiger partial charge in [0.2, 0.25) is 0 Å². The monoisotopic (exact) mass is 320 g/mol. The van der Waals surface area contributed by atoms with Gasteiger partial charge < -0.3 is 22.1 Å². The van der Waals surface area contributed by atoms with E-state index in [4.69, 9.17) is 46.3 Å². The summed E-state index contributed by atoms with van der Waals surface area (Å²) in [6, 6.07) is 1.44. The maximum Gasteiger partial charge on any atom is 0.267 e. The number of halogens is 3. The molecule has 2 rings (SSSR count). The third kappa shape index (κ3) is 2.30. The number of anilines is 2. The van der Waals surface area contributed by atoms with Crippen molar-refractivity contribution in [2.24, 2.45) is 11.5 Å². The number of fused-ring (bicyclic) bond motifs is 1. The van der Waals surface area contributed by atoms with E-state index in [1.807, 2.05) is 0 Å². The van der Waals surface area contributed by atoms with E-state index >= 15 is 0 Å². The Morgan fingerprint density at radius 3 is 2.00 bits per heavy atom. The van der Waals surface area contributed by atoms with Gasteiger partial charge in [-0.05, 0) is 6.07 Å². The summed E-state index contributed by atoms with van der Waals surface area (Å²) in [5.41, 5.74) is 10.6. The molecule has 100 valence electrons. The molecule has 6 N–H and O–H groups in total. The number of nitrogens with two attached hydrogens (primary N) is 2. The summed E-state index contributed by atoms with van der Waals surface area (Å²) in [5, 5.41) is 5.68. The number of carbonyl (C=O) groups is 2. The Hall–Kier alpha value is -1.63. The van der Waals surface area contributed by atoms with Crippen molar-refractivity contribution in [1.82, 2.24) is 0 Å². The molecule has 0 fully saturated rings. The SMILES string of the molecule is NC(=O)C1=C(C(N)=O)Nc2c(cc(Cl)c(Cl)c2Cl)N1. The van der Waals surface area contributed by atoms with Crippen molar-refractivity contribution in [2.75, 3.05) is 10.6 Å². The summed E-state index contributed by atoms with van der Waals surface area (Å²) in [6.45, 7) is 0. The van der Waals surface area contributed by atoms with Crippen LogP contribution in [0.5, 0.6) is 0 Å². The smallest absolute Gasteiger partial charge is 0.267 e. The number of amides is 2. The minimum Gasteiger partial charge on any atom is -0.364 e. The molecule has 1 heterocycles. The maximum atomic E-state index is 11.3. The van der Waals surface area contributed by atoms with Crippen LogP contribution < -0.4 is 22.1 Å². The first-order valence-electron chi connectivity index (χ1n) is 4.88. The van der Waals surface area contributed by atoms with Crippen molar-refractivity contribution in [1.29, 1.82) is 0 Å². The highest BCUT2D eigenvalue weighted by molar-refractivity contribution is 6.50. The molecule has 0 saturated carbocycles. The van der Waals surface area contributed by atoms with Gasteiger partial charge >= 0.3 is 0 Å². The molecular formula is C10H7Cl3N4O2. The summed E-state index contributed by atoms with van der Waals surface area (Å²) in [6.07, 6.45) is 0. The molecule has 2 amide bonds. The Balaban J connectivity index is 2.62. The number of hydrogen-bond acceptors (Lipinski definition) is 4. The fourth-order valence-electron chi connectivity index (χ4n) is 1.57. The standard InChI is InChI=1S/C10H7Cl3N4O2/c11-2-1-3-6(5(13)4(2)12)17-8(10(15)19)7(16-3)9(14)18/h1,16-17H,(H2,14,18)(H2,15,19). The average Bonchev–Trinajstić information content (AvgIpc) is 2.34. The lowest BCUT2D eigenvalue weighted by Gasteiger charge is -2.24. The zero-order valence-electron chi connectivity index (χ0n) is 9.18. The number of primary amides is 2. The molecule has 0 unspecified atom stereocenters. The highest BCUT2D eigenvalue weighted by atomic mass is 35.5. The fraction of sp³-hybridized carbons (Fsp3) is 0. The summed E-state index contributed by atoms with van der Waals surface area (Å²) in [7, 11) is 0. The van der Waals surface area contributed by atoms with Gasteiger partial charge in [0.15, 0.2) is 0 Å². The molecule has 1 aliphatic rings. The highest BCUT2D eigenvalue weighted by Gasteiger charge is 2.27. The van der Waals surface area contributed by atoms with Crippen molar-refractivity contribution in [3.8, 4) is 0 Å². The second kappa shape index (κ2) is 4.80. The van der Waals surface area contributed by atoms with Gasteiger partial charge in [0.1, 0.15) is 11.4 Å². The Labute approximate surface area is 122 Å². The van der Waals surface area contributed by atoms with Gasteiger partial charge in [-0.2, -0.15) is 0 Å². The number of rotatable bonds is 2. The van der Waals surface area contributed by atoms with Crippen LogP contribution in [0.25, 0.3) is 0 Å². The summed E-state index contributed by atoms with van der Waals surface area (Å²) < 4.78 is 0. The van der Waals surface area contributed by atoms with E-state index in [0.29, 0.717) is 5.69 Å². The Morgan fingerprint density at radius 2 is 1.47 bits per heavy atom. The second-order valence-corrected chi connectivity index (χ2v) is 4.80. The Kier molecular flexibility index (Phi) is 3.49. The quantitative estimate of drug-likeness (QED) is 0.621. The van der Waals surface area contributed by atoms with Crippen LogP contribution >= 0.6 is 34.8 Å². The van der Waals surface area contributed by atoms with E-state index < -0.39 is 11.8 Å². The van der Waals surface area contributed by atoms with Crippen LogP contribution in [-0.2, 0) is 9.59 Å². The lowest BCUT2D eigenvalue weighted by atomic mass is 10.1. The van der Waals surface area contributed by atoms with Gasteiger partial charge in [-0.1, -0.05) is 34.8 Å². The molecule has 6 nitrogen and oxygen atoms in total. The number of benzene rings is 1. The average molecular weight is 322 g/mol. The molecule has 1 aromatic rings. The molecule has 9 heteroatoms. The zero-order chi connectivity index (χ0) is 14.3. The van der Waals surface area contributed by atoms with Crippen LogP contribution in [0.1, 0.15) is 0 Å². The van der Waals surface area contributed by atoms with Gasteiger partial charge in [-0.3, -0.25) is 9.59 Å². The third-order valence-electron chi connectivity index (χ3n) is 2.41. The predicted octanol–water partition coefficient (Wildman–Crippen LogP) is 1.67. The number of carbonyl (C=O) groups excluding carboxylic acids is 2. The Bertz CT molecular complexity index is 642. The van der Waals surface area contributed by atoms with Crippen molar-refractivity contribution in [3.05, 3.63) is 32.5 Å². The molecule has 0 atom stereocenters. The summed E-state index contributed by atoms with van der Waals surface area (Å²) >= 11 is 17.8. The lowest BCUT2D eigenvalue weighted by molar-refractivity contribution is -0.117. The van der Waals surface area contributed by atoms with E-state index in [1.54, 1.807) is 0 Å². The molecule has 1 aliphatic heterocycles. The minimum atomic E-state index is -0.867. The van der Waals surface area contributed by atoms with Gasteiger partial charge in [-0.25, -0.2) is 0 Å². The van der Waals surface area contributed by atoms with E-state index in [1.165, 1.54) is 6.07 Å². The first-order valence-corrected chi connectivity index (χ1v) is 6.01. The minimum absolute atomic E-state index is 0.0962. The van der Waals surface area contributed by atoms with Gasteiger partial charge in [0, 0.05) is 0 Å². The summed E-state index contributed by atoms with van der Waals surface area (Å²) in [5.74, 6) is -1.72. The summed E-state index contributed by atoms with van der Waals surface area (Å²) in [4.78, 5) is 22.6. The molecule has 19 heavy (non-hydrogen) atoms. The van der Waals surface area contributed by atoms with Gasteiger partial charge in [-0.15, -0.1) is 0 Å². The molecular weight excluding hydrogens is 314 g/mol. The predicted molar refractivity (Wildman–Crippen MR) is 74.1 cm³/mol. The van der Waals surface area contributed by atoms with Crippen LogP contribution in [0.15, 0.2) is 17.5 Å². The first-order chi connectivity index (χ1) is 8.82. The zero-order valence-corrected chi connectivity index (χ0v) is 11.5. The normalized spacial score (nSPS) is 13.4. The third-order valence-corrected chi connectivity index (χ3v) is 3.68. The molecule has 0 aromatic heterocycles. The largest absolute Gasteiger partial charge is 0.364 e. The lowest BCUT2D eigenvalue weighted by Crippen LogP contribution is -2.33. The van der Waals surface area contributed by atoms with Crippen molar-refractivity contribution in [3.63, 3.8) is 0 Å². The van der Waals surface area contributed by atoms with Gasteiger partial charge in [0.25, 0.3) is 11.8 Å². The first kappa shape index (κ1) is 13.8. The Morgan fingerprint density at radius 1 is 0.947 bits per heavy atom. The highest BCUT2D eigenvalue weighted by Crippen LogP contribution is 2.44. The van der Waals surface area contributed by atoms with Crippen molar-refractivity contribution in [2.45, 2.75) is 0 Å². The molecule has 1 aromatic carbocycles. The topological polar surface area (TPSA) is 110 Å². The molecule has 0 bridgehead atoms. The van der Waals surface area contributed by atoms with Gasteiger partial charge in [0.05, 0.1) is 26.4 Å². The van der Waals surface area contributed by atoms with Crippen LogP contribution in [0.4, 0.5) is 11.4 Å². The van der Waals surface area contributed by atoms with Crippen molar-refractivity contribution < 1.29 is 9.59 Å². The van der Waals surface area contributed by atoms with E-state index in [0.717, 1.165) is 0 Å². The van der Waals surface area contributed by atoms with Crippen LogP contribution in [0.2, 0.25) is 15.1 Å². The number of hydrogen-bond donors (Lipinski definition) is 4. The molecule has 0 aliphatic carbocycles. The van der Waals surface area contributed by atoms with Crippen LogP contribution in [-0.4, -0.2) is 11.8 Å². The van der Waals surface area contributed by atoms with E-state index in [2.05, 4.69) is 10.6 Å². The fourth-order valence-corrected chi connectivity index (χ4v) is 2.22. The van der Waals surface area contributed by atoms with E-state index in [9.17, 15) is 9.59 Å². The number of nitrogens with one attached hydrogen (secondary N) is 2. The molecule has 0 spiro atoms. The molecule has 0 radical (unpaired) electrons.